The number of nitrogens with zero attached hydrogens (tertiary/aromatic N) is 1. The highest BCUT2D eigenvalue weighted by Gasteiger charge is 2.34. The number of rotatable bonds is 3. The van der Waals surface area contributed by atoms with Crippen molar-refractivity contribution in [1.82, 2.24) is 4.90 Å². The van der Waals surface area contributed by atoms with E-state index in [4.69, 9.17) is 5.73 Å². The van der Waals surface area contributed by atoms with Crippen LogP contribution in [0.5, 0.6) is 0 Å². The van der Waals surface area contributed by atoms with Crippen molar-refractivity contribution in [3.05, 3.63) is 0 Å². The maximum atomic E-state index is 5.80. The molecule has 2 fully saturated rings. The number of nitrogens with two attached hydrogens (primary N) is 1. The molecule has 0 aromatic rings. The van der Waals surface area contributed by atoms with Gasteiger partial charge in [0.15, 0.2) is 0 Å². The summed E-state index contributed by atoms with van der Waals surface area (Å²) in [6.45, 7) is 4.98. The first-order valence-corrected chi connectivity index (χ1v) is 5.79. The molecule has 2 aliphatic rings. The van der Waals surface area contributed by atoms with Crippen molar-refractivity contribution in [2.75, 3.05) is 13.1 Å². The van der Waals surface area contributed by atoms with Crippen LogP contribution in [0.3, 0.4) is 0 Å². The Morgan fingerprint density at radius 3 is 2.77 bits per heavy atom. The van der Waals surface area contributed by atoms with Crippen LogP contribution in [0, 0.1) is 5.92 Å². The Hall–Kier alpha value is -0.0800. The average molecular weight is 182 g/mol. The molecule has 1 unspecified atom stereocenters. The highest BCUT2D eigenvalue weighted by Crippen LogP contribution is 2.30. The molecule has 0 spiro atoms. The van der Waals surface area contributed by atoms with Crippen molar-refractivity contribution in [2.45, 2.75) is 51.1 Å². The lowest BCUT2D eigenvalue weighted by molar-refractivity contribution is 0.133. The SMILES string of the molecule is CCCC1CCN(C2CC(N)C2)C1. The minimum absolute atomic E-state index is 0.509. The molecular weight excluding hydrogens is 160 g/mol. The monoisotopic (exact) mass is 182 g/mol. The molecule has 2 rings (SSSR count). The molecule has 1 saturated carbocycles. The second kappa shape index (κ2) is 3.97. The van der Waals surface area contributed by atoms with Crippen LogP contribution in [0.1, 0.15) is 39.0 Å². The highest BCUT2D eigenvalue weighted by atomic mass is 15.2. The summed E-state index contributed by atoms with van der Waals surface area (Å²) in [6.07, 6.45) is 6.70. The lowest BCUT2D eigenvalue weighted by Crippen LogP contribution is -2.49. The highest BCUT2D eigenvalue weighted by molar-refractivity contribution is 4.92. The van der Waals surface area contributed by atoms with Crippen molar-refractivity contribution in [3.63, 3.8) is 0 Å². The Bertz CT molecular complexity index is 163. The maximum absolute atomic E-state index is 5.80. The smallest absolute Gasteiger partial charge is 0.0125 e. The molecule has 0 radical (unpaired) electrons. The third-order valence-corrected chi connectivity index (χ3v) is 3.68. The van der Waals surface area contributed by atoms with E-state index >= 15 is 0 Å². The van der Waals surface area contributed by atoms with Crippen molar-refractivity contribution in [2.24, 2.45) is 11.7 Å². The number of hydrogen-bond acceptors (Lipinski definition) is 2. The number of hydrogen-bond donors (Lipinski definition) is 1. The van der Waals surface area contributed by atoms with Crippen LogP contribution < -0.4 is 5.73 Å². The first kappa shape index (κ1) is 9.47. The van der Waals surface area contributed by atoms with E-state index in [1.54, 1.807) is 0 Å². The predicted molar refractivity (Wildman–Crippen MR) is 55.6 cm³/mol. The summed E-state index contributed by atoms with van der Waals surface area (Å²) in [4.78, 5) is 2.67. The van der Waals surface area contributed by atoms with E-state index in [9.17, 15) is 0 Å². The normalized spacial score (nSPS) is 40.6. The first-order valence-electron chi connectivity index (χ1n) is 5.79. The standard InChI is InChI=1S/C11H22N2/c1-2-3-9-4-5-13(8-9)11-6-10(12)7-11/h9-11H,2-8,12H2,1H3. The van der Waals surface area contributed by atoms with Crippen LogP contribution in [0.15, 0.2) is 0 Å². The van der Waals surface area contributed by atoms with Gasteiger partial charge in [0, 0.05) is 18.6 Å². The van der Waals surface area contributed by atoms with Gasteiger partial charge in [0.2, 0.25) is 0 Å². The minimum atomic E-state index is 0.509. The van der Waals surface area contributed by atoms with Crippen molar-refractivity contribution in [1.29, 1.82) is 0 Å². The molecule has 0 aromatic carbocycles. The molecule has 2 nitrogen and oxygen atoms in total. The Kier molecular flexibility index (Phi) is 2.89. The fraction of sp³-hybridized carbons (Fsp3) is 1.00. The Morgan fingerprint density at radius 2 is 2.15 bits per heavy atom. The summed E-state index contributed by atoms with van der Waals surface area (Å²) < 4.78 is 0. The molecule has 1 aliphatic heterocycles. The maximum Gasteiger partial charge on any atom is 0.0125 e. The fourth-order valence-corrected chi connectivity index (χ4v) is 2.77. The second-order valence-corrected chi connectivity index (χ2v) is 4.82. The van der Waals surface area contributed by atoms with Crippen LogP contribution in [-0.4, -0.2) is 30.1 Å². The molecule has 0 amide bonds. The quantitative estimate of drug-likeness (QED) is 0.718. The van der Waals surface area contributed by atoms with Gasteiger partial charge in [0.25, 0.3) is 0 Å². The van der Waals surface area contributed by atoms with Gasteiger partial charge >= 0.3 is 0 Å². The predicted octanol–water partition coefficient (Wildman–Crippen LogP) is 1.60. The molecule has 13 heavy (non-hydrogen) atoms. The van der Waals surface area contributed by atoms with Crippen LogP contribution in [0.2, 0.25) is 0 Å². The van der Waals surface area contributed by atoms with E-state index in [1.807, 2.05) is 0 Å². The molecule has 2 N–H and O–H groups in total. The Morgan fingerprint density at radius 1 is 1.38 bits per heavy atom. The molecule has 76 valence electrons. The summed E-state index contributed by atoms with van der Waals surface area (Å²) in [5.74, 6) is 0.988. The Balaban J connectivity index is 1.72. The zero-order chi connectivity index (χ0) is 9.26. The van der Waals surface area contributed by atoms with E-state index in [0.717, 1.165) is 12.0 Å². The van der Waals surface area contributed by atoms with Gasteiger partial charge in [-0.2, -0.15) is 0 Å². The summed E-state index contributed by atoms with van der Waals surface area (Å²) >= 11 is 0. The van der Waals surface area contributed by atoms with Gasteiger partial charge in [0.1, 0.15) is 0 Å². The van der Waals surface area contributed by atoms with Crippen molar-refractivity contribution in [3.8, 4) is 0 Å². The van der Waals surface area contributed by atoms with Gasteiger partial charge < -0.3 is 5.73 Å². The molecule has 1 atom stereocenters. The lowest BCUT2D eigenvalue weighted by atomic mass is 9.86. The third kappa shape index (κ3) is 2.05. The zero-order valence-electron chi connectivity index (χ0n) is 8.71. The lowest BCUT2D eigenvalue weighted by Gasteiger charge is -2.39. The van der Waals surface area contributed by atoms with Gasteiger partial charge in [-0.25, -0.2) is 0 Å². The van der Waals surface area contributed by atoms with Crippen LogP contribution in [-0.2, 0) is 0 Å². The minimum Gasteiger partial charge on any atom is -0.328 e. The molecule has 0 aromatic heterocycles. The Labute approximate surface area is 81.5 Å². The summed E-state index contributed by atoms with van der Waals surface area (Å²) in [5, 5.41) is 0. The van der Waals surface area contributed by atoms with Crippen molar-refractivity contribution < 1.29 is 0 Å². The van der Waals surface area contributed by atoms with E-state index in [1.165, 1.54) is 45.2 Å². The molecule has 1 heterocycles. The topological polar surface area (TPSA) is 29.3 Å². The molecular formula is C11H22N2. The van der Waals surface area contributed by atoms with Crippen LogP contribution >= 0.6 is 0 Å². The molecule has 1 aliphatic carbocycles. The summed E-state index contributed by atoms with van der Waals surface area (Å²) in [6, 6.07) is 1.35. The van der Waals surface area contributed by atoms with Gasteiger partial charge in [0.05, 0.1) is 0 Å². The molecule has 1 saturated heterocycles. The first-order chi connectivity index (χ1) is 6.29. The van der Waals surface area contributed by atoms with Crippen LogP contribution in [0.4, 0.5) is 0 Å². The van der Waals surface area contributed by atoms with E-state index in [-0.39, 0.29) is 0 Å². The van der Waals surface area contributed by atoms with Gasteiger partial charge in [-0.1, -0.05) is 13.3 Å². The summed E-state index contributed by atoms with van der Waals surface area (Å²) in [7, 11) is 0. The van der Waals surface area contributed by atoms with Gasteiger partial charge in [-0.05, 0) is 38.1 Å². The molecule has 2 heteroatoms. The largest absolute Gasteiger partial charge is 0.328 e. The zero-order valence-corrected chi connectivity index (χ0v) is 8.71. The molecule has 0 bridgehead atoms. The van der Waals surface area contributed by atoms with Gasteiger partial charge in [-0.15, -0.1) is 0 Å². The van der Waals surface area contributed by atoms with Gasteiger partial charge in [-0.3, -0.25) is 4.90 Å². The third-order valence-electron chi connectivity index (χ3n) is 3.68. The van der Waals surface area contributed by atoms with Crippen molar-refractivity contribution >= 4 is 0 Å². The van der Waals surface area contributed by atoms with E-state index in [0.29, 0.717) is 6.04 Å². The second-order valence-electron chi connectivity index (χ2n) is 4.82. The van der Waals surface area contributed by atoms with Crippen LogP contribution in [0.25, 0.3) is 0 Å². The fourth-order valence-electron chi connectivity index (χ4n) is 2.77. The van der Waals surface area contributed by atoms with E-state index < -0.39 is 0 Å². The van der Waals surface area contributed by atoms with E-state index in [2.05, 4.69) is 11.8 Å². The summed E-state index contributed by atoms with van der Waals surface area (Å²) in [5.41, 5.74) is 5.80. The number of likely N-dealkylation sites (tertiary alicyclic amines) is 1. The average Bonchev–Trinajstić information content (AvgIpc) is 2.48.